The smallest absolute Gasteiger partial charge is 0.229 e. The first-order valence-corrected chi connectivity index (χ1v) is 8.07. The van der Waals surface area contributed by atoms with Crippen LogP contribution in [0.1, 0.15) is 0 Å². The third-order valence-corrected chi connectivity index (χ3v) is 3.85. The lowest BCUT2D eigenvalue weighted by molar-refractivity contribution is 0.122. The lowest BCUT2D eigenvalue weighted by atomic mass is 10.2. The summed E-state index contributed by atoms with van der Waals surface area (Å²) >= 11 is 0. The normalized spacial score (nSPS) is 14.3. The predicted molar refractivity (Wildman–Crippen MR) is 94.6 cm³/mol. The van der Waals surface area contributed by atoms with Gasteiger partial charge >= 0.3 is 0 Å². The Morgan fingerprint density at radius 2 is 1.76 bits per heavy atom. The van der Waals surface area contributed by atoms with Crippen LogP contribution >= 0.6 is 0 Å². The molecule has 0 radical (unpaired) electrons. The molecule has 8 nitrogen and oxygen atoms in total. The van der Waals surface area contributed by atoms with Crippen molar-refractivity contribution < 1.29 is 9.26 Å². The minimum Gasteiger partial charge on any atom is -0.378 e. The van der Waals surface area contributed by atoms with E-state index in [2.05, 4.69) is 42.8 Å². The van der Waals surface area contributed by atoms with Crippen LogP contribution in [0.3, 0.4) is 0 Å². The minimum absolute atomic E-state index is 0.507. The van der Waals surface area contributed by atoms with Crippen LogP contribution in [0, 0.1) is 0 Å². The monoisotopic (exact) mass is 338 g/mol. The first kappa shape index (κ1) is 15.4. The van der Waals surface area contributed by atoms with E-state index in [4.69, 9.17) is 9.26 Å². The number of benzene rings is 1. The van der Waals surface area contributed by atoms with E-state index in [0.29, 0.717) is 17.6 Å². The van der Waals surface area contributed by atoms with Gasteiger partial charge in [-0.05, 0) is 30.3 Å². The van der Waals surface area contributed by atoms with Crippen molar-refractivity contribution in [1.82, 2.24) is 15.1 Å². The summed E-state index contributed by atoms with van der Waals surface area (Å²) in [6.07, 6.45) is 3.18. The molecule has 8 heteroatoms. The number of hydrogen-bond acceptors (Lipinski definition) is 8. The molecule has 2 aromatic heterocycles. The van der Waals surface area contributed by atoms with Gasteiger partial charge in [-0.15, -0.1) is 0 Å². The SMILES string of the molecule is c1cc(Nc2ccon2)nc(Nc2ccc(N3CCOCC3)cc2)n1. The number of anilines is 5. The van der Waals surface area contributed by atoms with Crippen molar-refractivity contribution in [3.63, 3.8) is 0 Å². The number of hydrogen-bond donors (Lipinski definition) is 2. The van der Waals surface area contributed by atoms with Gasteiger partial charge in [-0.3, -0.25) is 0 Å². The number of aromatic nitrogens is 3. The van der Waals surface area contributed by atoms with E-state index in [1.165, 1.54) is 12.0 Å². The van der Waals surface area contributed by atoms with E-state index in [0.717, 1.165) is 32.0 Å². The Morgan fingerprint density at radius 3 is 2.52 bits per heavy atom. The molecule has 128 valence electrons. The summed E-state index contributed by atoms with van der Waals surface area (Å²) in [7, 11) is 0. The molecule has 1 saturated heterocycles. The molecule has 0 amide bonds. The van der Waals surface area contributed by atoms with E-state index < -0.39 is 0 Å². The van der Waals surface area contributed by atoms with Gasteiger partial charge in [-0.1, -0.05) is 5.16 Å². The largest absolute Gasteiger partial charge is 0.378 e. The Balaban J connectivity index is 1.43. The van der Waals surface area contributed by atoms with Crippen molar-refractivity contribution >= 4 is 29.0 Å². The summed E-state index contributed by atoms with van der Waals surface area (Å²) in [5.41, 5.74) is 2.12. The molecule has 0 saturated carbocycles. The second-order valence-corrected chi connectivity index (χ2v) is 5.55. The number of rotatable bonds is 5. The molecule has 1 aliphatic rings. The highest BCUT2D eigenvalue weighted by Gasteiger charge is 2.11. The third-order valence-electron chi connectivity index (χ3n) is 3.85. The Hall–Kier alpha value is -3.13. The van der Waals surface area contributed by atoms with Crippen LogP contribution in [-0.2, 0) is 4.74 Å². The molecule has 1 aliphatic heterocycles. The van der Waals surface area contributed by atoms with E-state index >= 15 is 0 Å². The summed E-state index contributed by atoms with van der Waals surface area (Å²) in [6, 6.07) is 11.7. The van der Waals surface area contributed by atoms with Crippen molar-refractivity contribution in [3.8, 4) is 0 Å². The van der Waals surface area contributed by atoms with Crippen LogP contribution in [0.2, 0.25) is 0 Å². The van der Waals surface area contributed by atoms with Crippen molar-refractivity contribution in [2.24, 2.45) is 0 Å². The Morgan fingerprint density at radius 1 is 0.920 bits per heavy atom. The first-order valence-electron chi connectivity index (χ1n) is 8.07. The molecule has 0 bridgehead atoms. The molecule has 0 atom stereocenters. The average molecular weight is 338 g/mol. The zero-order chi connectivity index (χ0) is 16.9. The molecule has 3 heterocycles. The van der Waals surface area contributed by atoms with Crippen molar-refractivity contribution in [3.05, 3.63) is 48.9 Å². The predicted octanol–water partition coefficient (Wildman–Crippen LogP) is 2.79. The molecule has 25 heavy (non-hydrogen) atoms. The number of nitrogens with one attached hydrogen (secondary N) is 2. The number of morpholine rings is 1. The minimum atomic E-state index is 0.507. The highest BCUT2D eigenvalue weighted by atomic mass is 16.5. The molecular formula is C17H18N6O2. The summed E-state index contributed by atoms with van der Waals surface area (Å²) in [5, 5.41) is 10.1. The lowest BCUT2D eigenvalue weighted by Crippen LogP contribution is -2.36. The van der Waals surface area contributed by atoms with E-state index in [9.17, 15) is 0 Å². The third kappa shape index (κ3) is 3.86. The van der Waals surface area contributed by atoms with Gasteiger partial charge < -0.3 is 24.8 Å². The molecular weight excluding hydrogens is 320 g/mol. The van der Waals surface area contributed by atoms with Crippen molar-refractivity contribution in [2.75, 3.05) is 41.8 Å². The zero-order valence-electron chi connectivity index (χ0n) is 13.6. The van der Waals surface area contributed by atoms with Gasteiger partial charge in [0.1, 0.15) is 12.1 Å². The van der Waals surface area contributed by atoms with Gasteiger partial charge in [0.15, 0.2) is 5.82 Å². The molecule has 3 aromatic rings. The maximum atomic E-state index is 5.39. The Bertz CT molecular complexity index is 800. The fourth-order valence-corrected chi connectivity index (χ4v) is 2.60. The zero-order valence-corrected chi connectivity index (χ0v) is 13.6. The van der Waals surface area contributed by atoms with Gasteiger partial charge in [0, 0.05) is 36.7 Å². The highest BCUT2D eigenvalue weighted by Crippen LogP contribution is 2.21. The lowest BCUT2D eigenvalue weighted by Gasteiger charge is -2.28. The second-order valence-electron chi connectivity index (χ2n) is 5.55. The molecule has 4 rings (SSSR count). The molecule has 0 spiro atoms. The van der Waals surface area contributed by atoms with Crippen molar-refractivity contribution in [1.29, 1.82) is 0 Å². The van der Waals surface area contributed by atoms with Gasteiger partial charge in [0.2, 0.25) is 5.95 Å². The fourth-order valence-electron chi connectivity index (χ4n) is 2.60. The van der Waals surface area contributed by atoms with Crippen LogP contribution < -0.4 is 15.5 Å². The molecule has 0 aliphatic carbocycles. The van der Waals surface area contributed by atoms with E-state index in [1.54, 1.807) is 18.3 Å². The Kier molecular flexibility index (Phi) is 4.42. The highest BCUT2D eigenvalue weighted by molar-refractivity contribution is 5.60. The molecule has 2 N–H and O–H groups in total. The molecule has 1 fully saturated rings. The summed E-state index contributed by atoms with van der Waals surface area (Å²) in [6.45, 7) is 3.40. The number of nitrogens with zero attached hydrogens (tertiary/aromatic N) is 4. The summed E-state index contributed by atoms with van der Waals surface area (Å²) < 4.78 is 10.2. The topological polar surface area (TPSA) is 88.3 Å². The fraction of sp³-hybridized carbons (Fsp3) is 0.235. The molecule has 0 unspecified atom stereocenters. The van der Waals surface area contributed by atoms with Crippen LogP contribution in [0.15, 0.2) is 53.4 Å². The van der Waals surface area contributed by atoms with E-state index in [1.807, 2.05) is 12.1 Å². The van der Waals surface area contributed by atoms with E-state index in [-0.39, 0.29) is 0 Å². The van der Waals surface area contributed by atoms with Crippen LogP contribution in [0.4, 0.5) is 29.0 Å². The molecule has 1 aromatic carbocycles. The summed E-state index contributed by atoms with van der Waals surface area (Å²) in [5.74, 6) is 1.74. The maximum Gasteiger partial charge on any atom is 0.229 e. The van der Waals surface area contributed by atoms with Gasteiger partial charge in [-0.25, -0.2) is 4.98 Å². The van der Waals surface area contributed by atoms with Crippen LogP contribution in [-0.4, -0.2) is 41.4 Å². The van der Waals surface area contributed by atoms with Gasteiger partial charge in [-0.2, -0.15) is 4.98 Å². The van der Waals surface area contributed by atoms with Crippen LogP contribution in [0.5, 0.6) is 0 Å². The van der Waals surface area contributed by atoms with Gasteiger partial charge in [0.25, 0.3) is 0 Å². The Labute approximate surface area is 144 Å². The second kappa shape index (κ2) is 7.18. The average Bonchev–Trinajstić information content (AvgIpc) is 3.16. The summed E-state index contributed by atoms with van der Waals surface area (Å²) in [4.78, 5) is 11.0. The standard InChI is InChI=1S/C17H18N6O2/c1-3-14(23-8-11-24-12-9-23)4-2-13(1)19-17-18-7-5-15(21-17)20-16-6-10-25-22-16/h1-7,10H,8-9,11-12H2,(H2,18,19,20,21,22). The van der Waals surface area contributed by atoms with Gasteiger partial charge in [0.05, 0.1) is 13.2 Å². The maximum absolute atomic E-state index is 5.39. The first-order chi connectivity index (χ1) is 12.4. The quantitative estimate of drug-likeness (QED) is 0.734. The number of ether oxygens (including phenoxy) is 1. The van der Waals surface area contributed by atoms with Crippen molar-refractivity contribution in [2.45, 2.75) is 0 Å². The van der Waals surface area contributed by atoms with Crippen LogP contribution in [0.25, 0.3) is 0 Å².